The van der Waals surface area contributed by atoms with Gasteiger partial charge in [-0.25, -0.2) is 0 Å². The van der Waals surface area contributed by atoms with E-state index in [1.54, 1.807) is 12.1 Å². The van der Waals surface area contributed by atoms with Crippen molar-refractivity contribution in [3.63, 3.8) is 0 Å². The standard InChI is InChI=1S/C11H10BrNO3/c12-7-1-3-8(4-2-7)16-9-5-6-10(14)13-11(9)15/h1-4,9H,5-6H2,(H,13,14,15). The molecule has 1 unspecified atom stereocenters. The maximum absolute atomic E-state index is 11.4. The molecule has 0 saturated carbocycles. The molecular weight excluding hydrogens is 274 g/mol. The summed E-state index contributed by atoms with van der Waals surface area (Å²) in [6.07, 6.45) is 0.187. The van der Waals surface area contributed by atoms with Gasteiger partial charge in [-0.1, -0.05) is 15.9 Å². The first kappa shape index (κ1) is 11.1. The fourth-order valence-electron chi connectivity index (χ4n) is 1.46. The van der Waals surface area contributed by atoms with Crippen molar-refractivity contribution in [2.24, 2.45) is 0 Å². The largest absolute Gasteiger partial charge is 0.481 e. The number of halogens is 1. The van der Waals surface area contributed by atoms with Gasteiger partial charge in [0.15, 0.2) is 6.10 Å². The van der Waals surface area contributed by atoms with Crippen LogP contribution in [0.2, 0.25) is 0 Å². The van der Waals surface area contributed by atoms with Gasteiger partial charge >= 0.3 is 0 Å². The fourth-order valence-corrected chi connectivity index (χ4v) is 1.73. The van der Waals surface area contributed by atoms with Crippen molar-refractivity contribution in [3.8, 4) is 5.75 Å². The quantitative estimate of drug-likeness (QED) is 0.840. The summed E-state index contributed by atoms with van der Waals surface area (Å²) in [7, 11) is 0. The summed E-state index contributed by atoms with van der Waals surface area (Å²) in [6.45, 7) is 0. The van der Waals surface area contributed by atoms with E-state index in [4.69, 9.17) is 4.74 Å². The molecule has 1 heterocycles. The Morgan fingerprint density at radius 1 is 1.25 bits per heavy atom. The highest BCUT2D eigenvalue weighted by atomic mass is 79.9. The number of hydrogen-bond donors (Lipinski definition) is 1. The van der Waals surface area contributed by atoms with Gasteiger partial charge < -0.3 is 4.74 Å². The average Bonchev–Trinajstić information content (AvgIpc) is 2.25. The number of hydrogen-bond acceptors (Lipinski definition) is 3. The smallest absolute Gasteiger partial charge is 0.267 e. The first-order valence-electron chi connectivity index (χ1n) is 4.91. The van der Waals surface area contributed by atoms with E-state index in [0.717, 1.165) is 4.47 Å². The van der Waals surface area contributed by atoms with Crippen molar-refractivity contribution < 1.29 is 14.3 Å². The molecule has 1 fully saturated rings. The minimum atomic E-state index is -0.570. The van der Waals surface area contributed by atoms with E-state index in [1.165, 1.54) is 0 Å². The fraction of sp³-hybridized carbons (Fsp3) is 0.273. The van der Waals surface area contributed by atoms with E-state index in [-0.39, 0.29) is 11.8 Å². The molecule has 0 radical (unpaired) electrons. The van der Waals surface area contributed by atoms with Crippen molar-refractivity contribution >= 4 is 27.7 Å². The monoisotopic (exact) mass is 283 g/mol. The van der Waals surface area contributed by atoms with Gasteiger partial charge in [-0.2, -0.15) is 0 Å². The molecule has 0 aromatic heterocycles. The molecule has 0 bridgehead atoms. The third kappa shape index (κ3) is 2.61. The Morgan fingerprint density at radius 2 is 1.94 bits per heavy atom. The number of benzene rings is 1. The predicted molar refractivity (Wildman–Crippen MR) is 60.9 cm³/mol. The predicted octanol–water partition coefficient (Wildman–Crippen LogP) is 1.63. The molecule has 1 atom stereocenters. The van der Waals surface area contributed by atoms with Crippen molar-refractivity contribution in [2.45, 2.75) is 18.9 Å². The Morgan fingerprint density at radius 3 is 2.56 bits per heavy atom. The maximum atomic E-state index is 11.4. The second kappa shape index (κ2) is 4.65. The zero-order chi connectivity index (χ0) is 11.5. The third-order valence-electron chi connectivity index (χ3n) is 2.28. The Bertz CT molecular complexity index is 416. The number of rotatable bonds is 2. The maximum Gasteiger partial charge on any atom is 0.267 e. The lowest BCUT2D eigenvalue weighted by atomic mass is 10.1. The molecule has 1 aromatic rings. The minimum absolute atomic E-state index is 0.236. The van der Waals surface area contributed by atoms with Crippen LogP contribution in [0.3, 0.4) is 0 Å². The van der Waals surface area contributed by atoms with E-state index < -0.39 is 6.10 Å². The van der Waals surface area contributed by atoms with E-state index >= 15 is 0 Å². The molecule has 16 heavy (non-hydrogen) atoms. The van der Waals surface area contributed by atoms with Gasteiger partial charge in [0.2, 0.25) is 5.91 Å². The van der Waals surface area contributed by atoms with Crippen molar-refractivity contribution in [1.82, 2.24) is 5.32 Å². The third-order valence-corrected chi connectivity index (χ3v) is 2.81. The molecule has 1 aliphatic heterocycles. The van der Waals surface area contributed by atoms with Gasteiger partial charge in [0.05, 0.1) is 0 Å². The number of carbonyl (C=O) groups excluding carboxylic acids is 2. The summed E-state index contributed by atoms with van der Waals surface area (Å²) in [5.41, 5.74) is 0. The van der Waals surface area contributed by atoms with Crippen LogP contribution >= 0.6 is 15.9 Å². The lowest BCUT2D eigenvalue weighted by Crippen LogP contribution is -2.46. The summed E-state index contributed by atoms with van der Waals surface area (Å²) in [4.78, 5) is 22.3. The van der Waals surface area contributed by atoms with Crippen LogP contribution in [0.25, 0.3) is 0 Å². The second-order valence-electron chi connectivity index (χ2n) is 3.51. The zero-order valence-corrected chi connectivity index (χ0v) is 9.99. The molecule has 4 nitrogen and oxygen atoms in total. The lowest BCUT2D eigenvalue weighted by molar-refractivity contribution is -0.138. The number of nitrogens with one attached hydrogen (secondary N) is 1. The minimum Gasteiger partial charge on any atom is -0.481 e. The van der Waals surface area contributed by atoms with Crippen molar-refractivity contribution in [3.05, 3.63) is 28.7 Å². The topological polar surface area (TPSA) is 55.4 Å². The van der Waals surface area contributed by atoms with E-state index in [0.29, 0.717) is 18.6 Å². The van der Waals surface area contributed by atoms with Crippen LogP contribution in [-0.4, -0.2) is 17.9 Å². The zero-order valence-electron chi connectivity index (χ0n) is 8.40. The van der Waals surface area contributed by atoms with E-state index in [9.17, 15) is 9.59 Å². The number of carbonyl (C=O) groups is 2. The SMILES string of the molecule is O=C1CCC(Oc2ccc(Br)cc2)C(=O)N1. The molecule has 5 heteroatoms. The molecule has 2 rings (SSSR count). The number of piperidine rings is 1. The molecule has 1 N–H and O–H groups in total. The van der Waals surface area contributed by atoms with Crippen molar-refractivity contribution in [1.29, 1.82) is 0 Å². The van der Waals surface area contributed by atoms with Gasteiger partial charge in [-0.3, -0.25) is 14.9 Å². The lowest BCUT2D eigenvalue weighted by Gasteiger charge is -2.21. The van der Waals surface area contributed by atoms with E-state index in [2.05, 4.69) is 21.2 Å². The van der Waals surface area contributed by atoms with Crippen LogP contribution in [0, 0.1) is 0 Å². The molecular formula is C11H10BrNO3. The molecule has 1 saturated heterocycles. The molecule has 2 amide bonds. The first-order chi connectivity index (χ1) is 7.65. The number of imide groups is 1. The number of ether oxygens (including phenoxy) is 1. The second-order valence-corrected chi connectivity index (χ2v) is 4.43. The van der Waals surface area contributed by atoms with Crippen LogP contribution in [0.1, 0.15) is 12.8 Å². The Labute approximate surface area is 101 Å². The Kier molecular flexibility index (Phi) is 3.24. The highest BCUT2D eigenvalue weighted by molar-refractivity contribution is 9.10. The summed E-state index contributed by atoms with van der Waals surface area (Å²) in [6, 6.07) is 7.21. The van der Waals surface area contributed by atoms with Gasteiger partial charge in [0.1, 0.15) is 5.75 Å². The van der Waals surface area contributed by atoms with Crippen molar-refractivity contribution in [2.75, 3.05) is 0 Å². The normalized spacial score (nSPS) is 20.4. The average molecular weight is 284 g/mol. The molecule has 1 aliphatic rings. The summed E-state index contributed by atoms with van der Waals surface area (Å²) in [5, 5.41) is 2.25. The molecule has 1 aromatic carbocycles. The Hall–Kier alpha value is -1.36. The highest BCUT2D eigenvalue weighted by Gasteiger charge is 2.27. The molecule has 84 valence electrons. The Balaban J connectivity index is 2.02. The van der Waals surface area contributed by atoms with Crippen LogP contribution < -0.4 is 10.1 Å². The van der Waals surface area contributed by atoms with Crippen LogP contribution in [0.5, 0.6) is 5.75 Å². The van der Waals surface area contributed by atoms with Gasteiger partial charge in [-0.05, 0) is 24.3 Å². The number of amides is 2. The van der Waals surface area contributed by atoms with Gasteiger partial charge in [0.25, 0.3) is 5.91 Å². The summed E-state index contributed by atoms with van der Waals surface area (Å²) < 4.78 is 6.43. The molecule has 0 aliphatic carbocycles. The van der Waals surface area contributed by atoms with Crippen LogP contribution in [0.15, 0.2) is 28.7 Å². The first-order valence-corrected chi connectivity index (χ1v) is 5.70. The van der Waals surface area contributed by atoms with Crippen LogP contribution in [-0.2, 0) is 9.59 Å². The highest BCUT2D eigenvalue weighted by Crippen LogP contribution is 2.19. The van der Waals surface area contributed by atoms with Gasteiger partial charge in [-0.15, -0.1) is 0 Å². The van der Waals surface area contributed by atoms with Gasteiger partial charge in [0, 0.05) is 17.3 Å². The van der Waals surface area contributed by atoms with E-state index in [1.807, 2.05) is 12.1 Å². The summed E-state index contributed by atoms with van der Waals surface area (Å²) >= 11 is 3.31. The summed E-state index contributed by atoms with van der Waals surface area (Å²) in [5.74, 6) is 0.0255. The van der Waals surface area contributed by atoms with Crippen LogP contribution in [0.4, 0.5) is 0 Å². The molecule has 0 spiro atoms.